The van der Waals surface area contributed by atoms with Crippen LogP contribution >= 0.6 is 22.9 Å². The first-order valence-electron chi connectivity index (χ1n) is 13.4. The number of amides is 1. The Morgan fingerprint density at radius 1 is 1.20 bits per heavy atom. The number of hydrogen-bond donors (Lipinski definition) is 2. The number of carbonyl (C=O) groups is 1. The van der Waals surface area contributed by atoms with Crippen molar-refractivity contribution in [2.75, 3.05) is 62.3 Å². The number of benzene rings is 2. The second kappa shape index (κ2) is 11.0. The van der Waals surface area contributed by atoms with E-state index < -0.39 is 11.6 Å². The molecule has 214 valence electrons. The minimum atomic E-state index is -0.655. The first-order valence-corrected chi connectivity index (χ1v) is 14.6. The highest BCUT2D eigenvalue weighted by molar-refractivity contribution is 7.22. The van der Waals surface area contributed by atoms with Crippen LogP contribution in [-0.4, -0.2) is 83.0 Å². The van der Waals surface area contributed by atoms with E-state index in [-0.39, 0.29) is 37.4 Å². The van der Waals surface area contributed by atoms with E-state index in [9.17, 15) is 9.18 Å². The molecule has 2 aliphatic heterocycles. The first-order chi connectivity index (χ1) is 19.7. The van der Waals surface area contributed by atoms with Gasteiger partial charge in [-0.3, -0.25) is 4.79 Å². The molecule has 4 aromatic rings. The molecule has 41 heavy (non-hydrogen) atoms. The third kappa shape index (κ3) is 5.04. The van der Waals surface area contributed by atoms with Gasteiger partial charge in [0.05, 0.1) is 15.2 Å². The highest BCUT2D eigenvalue weighted by atomic mass is 35.5. The van der Waals surface area contributed by atoms with Gasteiger partial charge in [0, 0.05) is 55.3 Å². The largest absolute Gasteiger partial charge is 0.375 e. The van der Waals surface area contributed by atoms with Crippen LogP contribution in [0, 0.1) is 11.6 Å². The Bertz CT molecular complexity index is 1670. The Morgan fingerprint density at radius 2 is 1.98 bits per heavy atom. The molecule has 1 unspecified atom stereocenters. The summed E-state index contributed by atoms with van der Waals surface area (Å²) in [6, 6.07) is 4.68. The molecule has 0 saturated carbocycles. The molecular weight excluding hydrogens is 570 g/mol. The number of nitrogens with zero attached hydrogens (tertiary/aromatic N) is 6. The predicted octanol–water partition coefficient (Wildman–Crippen LogP) is 4.76. The molecule has 1 atom stereocenters. The maximum absolute atomic E-state index is 16.6. The maximum Gasteiger partial charge on any atom is 0.246 e. The summed E-state index contributed by atoms with van der Waals surface area (Å²) in [5.74, 6) is -0.453. The third-order valence-corrected chi connectivity index (χ3v) is 9.07. The number of fused-ring (bicyclic) bond motifs is 2. The number of anilines is 3. The first kappa shape index (κ1) is 27.6. The van der Waals surface area contributed by atoms with E-state index in [1.807, 2.05) is 4.90 Å². The van der Waals surface area contributed by atoms with Crippen LogP contribution in [0.1, 0.15) is 12.8 Å². The second-order valence-corrected chi connectivity index (χ2v) is 11.8. The average molecular weight is 599 g/mol. The van der Waals surface area contributed by atoms with E-state index in [0.717, 1.165) is 30.7 Å². The lowest BCUT2D eigenvalue weighted by Gasteiger charge is -2.35. The average Bonchev–Trinajstić information content (AvgIpc) is 3.57. The number of likely N-dealkylation sites (N-methyl/N-ethyl adjacent to an activating group) is 1. The number of nitrogens with two attached hydrogens (primary N) is 1. The molecule has 4 heterocycles. The Morgan fingerprint density at radius 3 is 2.68 bits per heavy atom. The predicted molar refractivity (Wildman–Crippen MR) is 161 cm³/mol. The van der Waals surface area contributed by atoms with E-state index in [4.69, 9.17) is 22.3 Å². The Kier molecular flexibility index (Phi) is 7.39. The quantitative estimate of drug-likeness (QED) is 0.306. The van der Waals surface area contributed by atoms with Crippen molar-refractivity contribution >= 4 is 66.9 Å². The number of rotatable bonds is 6. The van der Waals surface area contributed by atoms with Gasteiger partial charge < -0.3 is 25.8 Å². The molecule has 0 spiro atoms. The van der Waals surface area contributed by atoms with Crippen molar-refractivity contribution in [1.82, 2.24) is 24.8 Å². The van der Waals surface area contributed by atoms with Crippen molar-refractivity contribution in [2.45, 2.75) is 18.9 Å². The van der Waals surface area contributed by atoms with Gasteiger partial charge in [-0.05, 0) is 50.7 Å². The number of aromatic nitrogens is 3. The van der Waals surface area contributed by atoms with E-state index in [2.05, 4.69) is 33.8 Å². The monoisotopic (exact) mass is 598 g/mol. The summed E-state index contributed by atoms with van der Waals surface area (Å²) in [4.78, 5) is 31.8. The van der Waals surface area contributed by atoms with E-state index >= 15 is 4.39 Å². The van der Waals surface area contributed by atoms with Crippen molar-refractivity contribution in [2.24, 2.45) is 0 Å². The van der Waals surface area contributed by atoms with Gasteiger partial charge in [0.1, 0.15) is 17.2 Å². The number of nitrogens with one attached hydrogen (secondary N) is 1. The van der Waals surface area contributed by atoms with Crippen LogP contribution in [0.15, 0.2) is 30.9 Å². The zero-order valence-corrected chi connectivity index (χ0v) is 24.0. The maximum atomic E-state index is 16.6. The number of nitrogen functional groups attached to an aromatic ring is 1. The van der Waals surface area contributed by atoms with Gasteiger partial charge in [0.2, 0.25) is 11.9 Å². The van der Waals surface area contributed by atoms with Gasteiger partial charge in [-0.1, -0.05) is 29.5 Å². The van der Waals surface area contributed by atoms with E-state index in [0.29, 0.717) is 61.5 Å². The molecule has 13 heteroatoms. The lowest BCUT2D eigenvalue weighted by atomic mass is 10.0. The fraction of sp³-hybridized carbons (Fsp3) is 0.357. The minimum absolute atomic E-state index is 0.0713. The summed E-state index contributed by atoms with van der Waals surface area (Å²) in [7, 11) is 2.08. The molecule has 0 bridgehead atoms. The van der Waals surface area contributed by atoms with Crippen LogP contribution in [0.4, 0.5) is 25.7 Å². The molecule has 2 aromatic heterocycles. The molecule has 2 aliphatic rings. The van der Waals surface area contributed by atoms with Gasteiger partial charge in [-0.25, -0.2) is 18.7 Å². The van der Waals surface area contributed by atoms with Gasteiger partial charge in [-0.2, -0.15) is 4.98 Å². The van der Waals surface area contributed by atoms with Crippen LogP contribution in [0.3, 0.4) is 0 Å². The topological polar surface area (TPSA) is 104 Å². The van der Waals surface area contributed by atoms with Gasteiger partial charge >= 0.3 is 0 Å². The van der Waals surface area contributed by atoms with Crippen molar-refractivity contribution < 1.29 is 13.6 Å². The Labute approximate surface area is 244 Å². The van der Waals surface area contributed by atoms with Crippen LogP contribution in [0.25, 0.3) is 32.2 Å². The smallest absolute Gasteiger partial charge is 0.246 e. The Balaban J connectivity index is 1.47. The Hall–Kier alpha value is -3.61. The molecule has 2 aromatic carbocycles. The highest BCUT2D eigenvalue weighted by Crippen LogP contribution is 2.42. The van der Waals surface area contributed by atoms with Crippen molar-refractivity contribution in [3.8, 4) is 11.1 Å². The van der Waals surface area contributed by atoms with E-state index in [1.54, 1.807) is 11.0 Å². The van der Waals surface area contributed by atoms with Crippen molar-refractivity contribution in [3.63, 3.8) is 0 Å². The zero-order chi connectivity index (χ0) is 28.8. The minimum Gasteiger partial charge on any atom is -0.375 e. The molecule has 2 fully saturated rings. The zero-order valence-electron chi connectivity index (χ0n) is 22.5. The van der Waals surface area contributed by atoms with Crippen LogP contribution in [0.2, 0.25) is 5.02 Å². The molecule has 9 nitrogen and oxygen atoms in total. The molecule has 6 rings (SSSR count). The molecule has 2 saturated heterocycles. The number of piperazine rings is 1. The van der Waals surface area contributed by atoms with Crippen molar-refractivity contribution in [3.05, 3.63) is 47.5 Å². The molecular formula is C28H29ClF2N8OS. The van der Waals surface area contributed by atoms with Gasteiger partial charge in [0.15, 0.2) is 10.9 Å². The van der Waals surface area contributed by atoms with Crippen LogP contribution in [-0.2, 0) is 4.79 Å². The summed E-state index contributed by atoms with van der Waals surface area (Å²) in [5, 5.41) is 4.06. The summed E-state index contributed by atoms with van der Waals surface area (Å²) < 4.78 is 31.3. The van der Waals surface area contributed by atoms with Gasteiger partial charge in [-0.15, -0.1) is 0 Å². The lowest BCUT2D eigenvalue weighted by Crippen LogP contribution is -2.48. The summed E-state index contributed by atoms with van der Waals surface area (Å²) >= 11 is 7.73. The fourth-order valence-electron chi connectivity index (χ4n) is 5.65. The highest BCUT2D eigenvalue weighted by Gasteiger charge is 2.27. The third-order valence-electron chi connectivity index (χ3n) is 7.88. The number of thiazole rings is 1. The van der Waals surface area contributed by atoms with Crippen molar-refractivity contribution in [1.29, 1.82) is 0 Å². The molecule has 0 radical (unpaired) electrons. The lowest BCUT2D eigenvalue weighted by molar-refractivity contribution is -0.126. The second-order valence-electron chi connectivity index (χ2n) is 10.3. The number of halogens is 3. The number of carbonyl (C=O) groups excluding carboxylic acids is 1. The fourth-order valence-corrected chi connectivity index (χ4v) is 6.71. The molecule has 1 amide bonds. The molecule has 3 N–H and O–H groups in total. The van der Waals surface area contributed by atoms with Crippen LogP contribution in [0.5, 0.6) is 0 Å². The summed E-state index contributed by atoms with van der Waals surface area (Å²) in [6.45, 7) is 7.14. The van der Waals surface area contributed by atoms with E-state index in [1.165, 1.54) is 18.2 Å². The van der Waals surface area contributed by atoms with Gasteiger partial charge in [0.25, 0.3) is 0 Å². The SMILES string of the molecule is C=CC(=O)N1CCN(c2nc(NCC3CCCN3C)nc3c(F)c(-c4ccc(F)c5sc(N)nc45)c(Cl)cc23)CC1. The number of likely N-dealkylation sites (tertiary alicyclic amines) is 1. The summed E-state index contributed by atoms with van der Waals surface area (Å²) in [6.07, 6.45) is 3.47. The summed E-state index contributed by atoms with van der Waals surface area (Å²) in [5.41, 5.74) is 6.60. The normalized spacial score (nSPS) is 18.0. The van der Waals surface area contributed by atoms with Crippen LogP contribution < -0.4 is 16.0 Å². The molecule has 0 aliphatic carbocycles. The standard InChI is InChI=1S/C28H29ClF2N8OS/c1-3-20(40)38-9-11-39(12-10-38)26-17-13-18(29)21(16-6-7-19(30)25-24(16)34-27(32)41-25)22(31)23(17)35-28(36-26)33-14-15-5-4-8-37(15)2/h3,6-7,13,15H,1,4-5,8-12,14H2,2H3,(H2,32,34)(H,33,35,36). The number of hydrogen-bond acceptors (Lipinski definition) is 9.